The zero-order chi connectivity index (χ0) is 27.1. The molecule has 0 aliphatic heterocycles. The van der Waals surface area contributed by atoms with Gasteiger partial charge in [-0.3, -0.25) is 19.4 Å². The van der Waals surface area contributed by atoms with Crippen LogP contribution in [0.1, 0.15) is 20.7 Å². The molecule has 0 radical (unpaired) electrons. The van der Waals surface area contributed by atoms with Gasteiger partial charge in [-0.1, -0.05) is 60.7 Å². The van der Waals surface area contributed by atoms with Gasteiger partial charge in [0.1, 0.15) is 0 Å². The maximum atomic E-state index is 14.1. The molecule has 0 heterocycles. The van der Waals surface area contributed by atoms with Crippen LogP contribution in [0.5, 0.6) is 0 Å². The van der Waals surface area contributed by atoms with Crippen LogP contribution in [0, 0.1) is 0 Å². The Balaban J connectivity index is 1.91. The minimum atomic E-state index is -0.962. The Labute approximate surface area is 219 Å². The van der Waals surface area contributed by atoms with Crippen LogP contribution in [0.4, 0.5) is 22.7 Å². The van der Waals surface area contributed by atoms with Crippen molar-refractivity contribution in [2.45, 2.75) is 0 Å². The molecule has 4 rings (SSSR count). The molecular formula is C30H24N2O6. The minimum absolute atomic E-state index is 0.0984. The molecular weight excluding hydrogens is 484 g/mol. The number of hydrogen-bond donors (Lipinski definition) is 0. The number of nitrogens with zero attached hydrogens (tertiary/aromatic N) is 2. The van der Waals surface area contributed by atoms with Gasteiger partial charge < -0.3 is 9.47 Å². The number of esters is 2. The highest BCUT2D eigenvalue weighted by Crippen LogP contribution is 2.33. The molecule has 4 aromatic rings. The Morgan fingerprint density at radius 2 is 0.789 bits per heavy atom. The lowest BCUT2D eigenvalue weighted by atomic mass is 10.1. The predicted molar refractivity (Wildman–Crippen MR) is 143 cm³/mol. The number of para-hydroxylation sites is 4. The van der Waals surface area contributed by atoms with E-state index < -0.39 is 23.8 Å². The van der Waals surface area contributed by atoms with Crippen molar-refractivity contribution in [2.24, 2.45) is 0 Å². The zero-order valence-electron chi connectivity index (χ0n) is 20.7. The van der Waals surface area contributed by atoms with E-state index in [2.05, 4.69) is 0 Å². The van der Waals surface area contributed by atoms with Crippen molar-refractivity contribution in [1.82, 2.24) is 0 Å². The lowest BCUT2D eigenvalue weighted by Crippen LogP contribution is -2.42. The van der Waals surface area contributed by atoms with E-state index in [4.69, 9.17) is 9.47 Å². The van der Waals surface area contributed by atoms with E-state index in [-0.39, 0.29) is 22.5 Å². The number of anilines is 4. The number of methoxy groups -OCH3 is 2. The van der Waals surface area contributed by atoms with E-state index in [1.807, 2.05) is 0 Å². The van der Waals surface area contributed by atoms with E-state index in [9.17, 15) is 19.2 Å². The average molecular weight is 509 g/mol. The molecule has 190 valence electrons. The smallest absolute Gasteiger partial charge is 0.339 e. The molecule has 38 heavy (non-hydrogen) atoms. The zero-order valence-corrected chi connectivity index (χ0v) is 20.7. The van der Waals surface area contributed by atoms with Gasteiger partial charge in [-0.2, -0.15) is 0 Å². The fourth-order valence-corrected chi connectivity index (χ4v) is 3.98. The van der Waals surface area contributed by atoms with Crippen LogP contribution in [0.25, 0.3) is 0 Å². The van der Waals surface area contributed by atoms with Crippen molar-refractivity contribution >= 4 is 46.5 Å². The predicted octanol–water partition coefficient (Wildman–Crippen LogP) is 5.29. The third-order valence-corrected chi connectivity index (χ3v) is 5.72. The third-order valence-electron chi connectivity index (χ3n) is 5.72. The molecule has 2 amide bonds. The summed E-state index contributed by atoms with van der Waals surface area (Å²) in [5, 5.41) is 0. The van der Waals surface area contributed by atoms with Crippen LogP contribution in [-0.2, 0) is 19.1 Å². The monoisotopic (exact) mass is 508 g/mol. The summed E-state index contributed by atoms with van der Waals surface area (Å²) in [7, 11) is 2.47. The first kappa shape index (κ1) is 25.8. The fourth-order valence-electron chi connectivity index (χ4n) is 3.98. The van der Waals surface area contributed by atoms with E-state index >= 15 is 0 Å². The van der Waals surface area contributed by atoms with Crippen molar-refractivity contribution in [3.05, 3.63) is 120 Å². The maximum Gasteiger partial charge on any atom is 0.339 e. The maximum absolute atomic E-state index is 14.1. The van der Waals surface area contributed by atoms with Gasteiger partial charge in [-0.15, -0.1) is 0 Å². The van der Waals surface area contributed by atoms with Gasteiger partial charge in [-0.25, -0.2) is 9.59 Å². The SMILES string of the molecule is COC(=O)c1ccccc1N(C(=O)C(=O)N(c1ccccc1)c1ccccc1C(=O)OC)c1ccccc1. The number of carbonyl (C=O) groups is 4. The standard InChI is InChI=1S/C30H24N2O6/c1-37-29(35)23-17-9-11-19-25(23)31(21-13-5-3-6-14-21)27(33)28(34)32(22-15-7-4-8-16-22)26-20-12-10-18-24(26)30(36)38-2/h3-20H,1-2H3. The van der Waals surface area contributed by atoms with E-state index in [1.165, 1.54) is 26.4 Å². The summed E-state index contributed by atoms with van der Waals surface area (Å²) >= 11 is 0. The van der Waals surface area contributed by atoms with Crippen LogP contribution in [-0.4, -0.2) is 38.0 Å². The molecule has 0 saturated heterocycles. The number of ether oxygens (including phenoxy) is 2. The molecule has 8 heteroatoms. The van der Waals surface area contributed by atoms with Crippen molar-refractivity contribution in [2.75, 3.05) is 24.0 Å². The summed E-state index contributed by atoms with van der Waals surface area (Å²) in [6.45, 7) is 0. The second-order valence-corrected chi connectivity index (χ2v) is 7.97. The lowest BCUT2D eigenvalue weighted by Gasteiger charge is -2.29. The Kier molecular flexibility index (Phi) is 7.93. The molecule has 0 spiro atoms. The van der Waals surface area contributed by atoms with E-state index in [1.54, 1.807) is 97.1 Å². The van der Waals surface area contributed by atoms with Crippen molar-refractivity contribution < 1.29 is 28.7 Å². The van der Waals surface area contributed by atoms with Crippen LogP contribution in [0.3, 0.4) is 0 Å². The van der Waals surface area contributed by atoms with Crippen LogP contribution in [0.2, 0.25) is 0 Å². The van der Waals surface area contributed by atoms with Crippen molar-refractivity contribution in [3.63, 3.8) is 0 Å². The minimum Gasteiger partial charge on any atom is -0.465 e. The van der Waals surface area contributed by atoms with Gasteiger partial charge in [0.25, 0.3) is 0 Å². The second kappa shape index (κ2) is 11.7. The molecule has 0 aliphatic rings. The number of rotatable bonds is 6. The van der Waals surface area contributed by atoms with Crippen LogP contribution >= 0.6 is 0 Å². The molecule has 0 saturated carbocycles. The van der Waals surface area contributed by atoms with Gasteiger partial charge in [0.05, 0.1) is 36.7 Å². The summed E-state index contributed by atoms with van der Waals surface area (Å²) in [5.74, 6) is -3.26. The van der Waals surface area contributed by atoms with Crippen molar-refractivity contribution in [3.8, 4) is 0 Å². The molecule has 8 nitrogen and oxygen atoms in total. The Hall–Kier alpha value is -5.24. The summed E-state index contributed by atoms with van der Waals surface area (Å²) in [4.78, 5) is 55.7. The van der Waals surface area contributed by atoms with Gasteiger partial charge in [-0.05, 0) is 48.5 Å². The quantitative estimate of drug-likeness (QED) is 0.260. The first-order chi connectivity index (χ1) is 18.5. The third kappa shape index (κ3) is 5.15. The summed E-state index contributed by atoms with van der Waals surface area (Å²) < 4.78 is 9.84. The molecule has 0 unspecified atom stereocenters. The molecule has 0 aromatic heterocycles. The van der Waals surface area contributed by atoms with E-state index in [0.717, 1.165) is 9.80 Å². The van der Waals surface area contributed by atoms with Crippen molar-refractivity contribution in [1.29, 1.82) is 0 Å². The number of carbonyl (C=O) groups excluding carboxylic acids is 4. The highest BCUT2D eigenvalue weighted by atomic mass is 16.5. The molecule has 0 bridgehead atoms. The first-order valence-corrected chi connectivity index (χ1v) is 11.6. The topological polar surface area (TPSA) is 93.2 Å². The second-order valence-electron chi connectivity index (χ2n) is 7.97. The average Bonchev–Trinajstić information content (AvgIpc) is 2.98. The Bertz CT molecular complexity index is 1360. The molecule has 0 atom stereocenters. The molecule has 0 aliphatic carbocycles. The number of hydrogen-bond acceptors (Lipinski definition) is 6. The van der Waals surface area contributed by atoms with Crippen LogP contribution in [0.15, 0.2) is 109 Å². The van der Waals surface area contributed by atoms with Gasteiger partial charge in [0.2, 0.25) is 0 Å². The normalized spacial score (nSPS) is 10.3. The summed E-state index contributed by atoms with van der Waals surface area (Å²) in [5.41, 5.74) is 1.24. The fraction of sp³-hybridized carbons (Fsp3) is 0.0667. The molecule has 0 N–H and O–H groups in total. The van der Waals surface area contributed by atoms with E-state index in [0.29, 0.717) is 11.4 Å². The highest BCUT2D eigenvalue weighted by molar-refractivity contribution is 6.48. The van der Waals surface area contributed by atoms with Gasteiger partial charge in [0.15, 0.2) is 0 Å². The number of benzene rings is 4. The largest absolute Gasteiger partial charge is 0.465 e. The highest BCUT2D eigenvalue weighted by Gasteiger charge is 2.34. The first-order valence-electron chi connectivity index (χ1n) is 11.6. The summed E-state index contributed by atoms with van der Waals surface area (Å²) in [6, 6.07) is 29.7. The lowest BCUT2D eigenvalue weighted by molar-refractivity contribution is -0.135. The molecule has 0 fully saturated rings. The Morgan fingerprint density at radius 1 is 0.474 bits per heavy atom. The van der Waals surface area contributed by atoms with Crippen LogP contribution < -0.4 is 9.80 Å². The molecule has 4 aromatic carbocycles. The van der Waals surface area contributed by atoms with Gasteiger partial charge in [0, 0.05) is 11.4 Å². The van der Waals surface area contributed by atoms with Gasteiger partial charge >= 0.3 is 23.8 Å². The summed E-state index contributed by atoms with van der Waals surface area (Å²) in [6.07, 6.45) is 0. The number of amides is 2. The Morgan fingerprint density at radius 3 is 1.13 bits per heavy atom.